The molecule has 0 unspecified atom stereocenters. The van der Waals surface area contributed by atoms with Gasteiger partial charge in [-0.2, -0.15) is 0 Å². The number of hydrogen-bond donors (Lipinski definition) is 1. The number of rotatable bonds is 1. The Hall–Kier alpha value is -1.55. The largest absolute Gasteiger partial charge is 0.508 e. The lowest BCUT2D eigenvalue weighted by Gasteiger charge is -2.52. The zero-order valence-corrected chi connectivity index (χ0v) is 9.56. The van der Waals surface area contributed by atoms with Gasteiger partial charge >= 0.3 is 0 Å². The van der Waals surface area contributed by atoms with E-state index >= 15 is 0 Å². The van der Waals surface area contributed by atoms with Gasteiger partial charge in [0.15, 0.2) is 0 Å². The Bertz CT molecular complexity index is 436. The predicted molar refractivity (Wildman–Crippen MR) is 63.0 cm³/mol. The molecule has 1 aromatic rings. The Morgan fingerprint density at radius 3 is 2.53 bits per heavy atom. The number of aromatic hydroxyl groups is 1. The van der Waals surface area contributed by atoms with Gasteiger partial charge in [0.25, 0.3) is 0 Å². The van der Waals surface area contributed by atoms with Crippen LogP contribution in [0.1, 0.15) is 19.3 Å². The van der Waals surface area contributed by atoms with Crippen molar-refractivity contribution in [1.82, 2.24) is 0 Å². The highest BCUT2D eigenvalue weighted by atomic mass is 16.5. The Kier molecular flexibility index (Phi) is 2.33. The van der Waals surface area contributed by atoms with Crippen LogP contribution in [0.4, 0.5) is 5.69 Å². The number of amides is 1. The zero-order chi connectivity index (χ0) is 11.9. The number of carbonyl (C=O) groups is 1. The minimum atomic E-state index is -0.133. The summed E-state index contributed by atoms with van der Waals surface area (Å²) in [6, 6.07) is 6.81. The molecule has 2 aliphatic heterocycles. The van der Waals surface area contributed by atoms with E-state index in [2.05, 4.69) is 0 Å². The molecule has 0 saturated carbocycles. The maximum atomic E-state index is 12.1. The van der Waals surface area contributed by atoms with Crippen molar-refractivity contribution >= 4 is 11.6 Å². The van der Waals surface area contributed by atoms with Gasteiger partial charge in [0, 0.05) is 12.1 Å². The number of phenols is 1. The molecule has 2 saturated heterocycles. The van der Waals surface area contributed by atoms with E-state index in [4.69, 9.17) is 4.74 Å². The highest BCUT2D eigenvalue weighted by molar-refractivity contribution is 5.96. The van der Waals surface area contributed by atoms with Crippen molar-refractivity contribution in [3.8, 4) is 5.75 Å². The highest BCUT2D eigenvalue weighted by Gasteiger charge is 2.48. The predicted octanol–water partition coefficient (Wildman–Crippen LogP) is 1.68. The fourth-order valence-corrected chi connectivity index (χ4v) is 2.69. The van der Waals surface area contributed by atoms with Gasteiger partial charge < -0.3 is 14.7 Å². The van der Waals surface area contributed by atoms with E-state index in [0.29, 0.717) is 19.6 Å². The summed E-state index contributed by atoms with van der Waals surface area (Å²) in [7, 11) is 0. The number of ether oxygens (including phenoxy) is 1. The van der Waals surface area contributed by atoms with Gasteiger partial charge in [0.2, 0.25) is 5.91 Å². The quantitative estimate of drug-likeness (QED) is 0.802. The van der Waals surface area contributed by atoms with E-state index in [1.807, 2.05) is 4.90 Å². The Morgan fingerprint density at radius 2 is 1.94 bits per heavy atom. The van der Waals surface area contributed by atoms with Crippen LogP contribution in [0.15, 0.2) is 24.3 Å². The summed E-state index contributed by atoms with van der Waals surface area (Å²) >= 11 is 0. The minimum absolute atomic E-state index is 0.133. The summed E-state index contributed by atoms with van der Waals surface area (Å²) in [4.78, 5) is 14.0. The first kappa shape index (κ1) is 10.6. The van der Waals surface area contributed by atoms with Crippen LogP contribution in [0.2, 0.25) is 0 Å². The molecule has 1 amide bonds. The molecule has 0 radical (unpaired) electrons. The summed E-state index contributed by atoms with van der Waals surface area (Å²) in [5.74, 6) is 0.377. The van der Waals surface area contributed by atoms with Crippen molar-refractivity contribution in [2.75, 3.05) is 18.1 Å². The van der Waals surface area contributed by atoms with E-state index in [1.54, 1.807) is 24.3 Å². The zero-order valence-electron chi connectivity index (χ0n) is 9.56. The van der Waals surface area contributed by atoms with E-state index in [-0.39, 0.29) is 17.2 Å². The van der Waals surface area contributed by atoms with Crippen LogP contribution in [0.25, 0.3) is 0 Å². The van der Waals surface area contributed by atoms with Crippen molar-refractivity contribution in [2.45, 2.75) is 24.8 Å². The second kappa shape index (κ2) is 3.74. The van der Waals surface area contributed by atoms with Gasteiger partial charge in [-0.25, -0.2) is 0 Å². The molecule has 1 N–H and O–H groups in total. The fourth-order valence-electron chi connectivity index (χ4n) is 2.69. The van der Waals surface area contributed by atoms with Crippen molar-refractivity contribution in [2.24, 2.45) is 0 Å². The molecule has 3 rings (SSSR count). The number of piperidine rings is 1. The number of hydrogen-bond acceptors (Lipinski definition) is 3. The second-order valence-corrected chi connectivity index (χ2v) is 4.82. The fraction of sp³-hybridized carbons (Fsp3) is 0.462. The number of anilines is 1. The second-order valence-electron chi connectivity index (χ2n) is 4.82. The molecule has 0 atom stereocenters. The lowest BCUT2D eigenvalue weighted by Crippen LogP contribution is -2.66. The maximum absolute atomic E-state index is 12.1. The average molecular weight is 233 g/mol. The number of nitrogens with zero attached hydrogens (tertiary/aromatic N) is 1. The van der Waals surface area contributed by atoms with Crippen molar-refractivity contribution in [3.05, 3.63) is 24.3 Å². The Balaban J connectivity index is 1.97. The third-order valence-electron chi connectivity index (χ3n) is 3.61. The normalized spacial score (nSPS) is 22.6. The van der Waals surface area contributed by atoms with Crippen molar-refractivity contribution < 1.29 is 14.6 Å². The number of benzene rings is 1. The van der Waals surface area contributed by atoms with Crippen LogP contribution < -0.4 is 4.90 Å². The summed E-state index contributed by atoms with van der Waals surface area (Å²) in [5, 5.41) is 9.29. The van der Waals surface area contributed by atoms with E-state index in [9.17, 15) is 9.90 Å². The van der Waals surface area contributed by atoms with Gasteiger partial charge in [0.1, 0.15) is 5.75 Å². The molecule has 2 aliphatic rings. The molecule has 0 aromatic heterocycles. The van der Waals surface area contributed by atoms with Crippen LogP contribution in [-0.4, -0.2) is 29.8 Å². The third-order valence-corrected chi connectivity index (χ3v) is 3.61. The first-order valence-electron chi connectivity index (χ1n) is 5.91. The molecule has 90 valence electrons. The summed E-state index contributed by atoms with van der Waals surface area (Å²) in [5.41, 5.74) is 0.725. The number of phenolic OH excluding ortho intramolecular Hbond substituents is 1. The molecule has 1 aromatic carbocycles. The molecular weight excluding hydrogens is 218 g/mol. The lowest BCUT2D eigenvalue weighted by atomic mass is 9.84. The van der Waals surface area contributed by atoms with Gasteiger partial charge in [0.05, 0.1) is 18.8 Å². The third kappa shape index (κ3) is 1.60. The van der Waals surface area contributed by atoms with Crippen LogP contribution in [-0.2, 0) is 9.53 Å². The van der Waals surface area contributed by atoms with Crippen LogP contribution in [0.5, 0.6) is 5.75 Å². The Labute approximate surface area is 99.8 Å². The lowest BCUT2D eigenvalue weighted by molar-refractivity contribution is -0.130. The molecule has 2 heterocycles. The van der Waals surface area contributed by atoms with Crippen LogP contribution in [0, 0.1) is 0 Å². The molecular formula is C13H15NO3. The topological polar surface area (TPSA) is 49.8 Å². The van der Waals surface area contributed by atoms with E-state index < -0.39 is 0 Å². The van der Waals surface area contributed by atoms with Crippen molar-refractivity contribution in [3.63, 3.8) is 0 Å². The molecule has 0 aliphatic carbocycles. The summed E-state index contributed by atoms with van der Waals surface area (Å²) in [6.07, 6.45) is 2.54. The molecule has 1 spiro atoms. The highest BCUT2D eigenvalue weighted by Crippen LogP contribution is 2.39. The van der Waals surface area contributed by atoms with Gasteiger partial charge in [-0.3, -0.25) is 4.79 Å². The summed E-state index contributed by atoms with van der Waals surface area (Å²) < 4.78 is 5.30. The first-order valence-corrected chi connectivity index (χ1v) is 5.91. The maximum Gasteiger partial charge on any atom is 0.227 e. The molecule has 4 heteroatoms. The summed E-state index contributed by atoms with van der Waals surface area (Å²) in [6.45, 7) is 1.25. The van der Waals surface area contributed by atoms with E-state index in [1.165, 1.54) is 0 Å². The van der Waals surface area contributed by atoms with Crippen LogP contribution in [0.3, 0.4) is 0 Å². The minimum Gasteiger partial charge on any atom is -0.508 e. The first-order chi connectivity index (χ1) is 8.21. The SMILES string of the molecule is O=C1CCCC2(COC2)N1c1ccc(O)cc1. The smallest absolute Gasteiger partial charge is 0.227 e. The number of carbonyl (C=O) groups excluding carboxylic acids is 1. The van der Waals surface area contributed by atoms with Gasteiger partial charge in [-0.15, -0.1) is 0 Å². The molecule has 0 bridgehead atoms. The molecule has 2 fully saturated rings. The molecule has 4 nitrogen and oxygen atoms in total. The van der Waals surface area contributed by atoms with Crippen molar-refractivity contribution in [1.29, 1.82) is 0 Å². The standard InChI is InChI=1S/C13H15NO3/c15-11-5-3-10(4-6-11)14-12(16)2-1-7-13(14)8-17-9-13/h3-6,15H,1-2,7-9H2. The van der Waals surface area contributed by atoms with Gasteiger partial charge in [-0.05, 0) is 37.1 Å². The Morgan fingerprint density at radius 1 is 1.24 bits per heavy atom. The van der Waals surface area contributed by atoms with Crippen LogP contribution >= 0.6 is 0 Å². The molecule has 17 heavy (non-hydrogen) atoms. The average Bonchev–Trinajstić information content (AvgIpc) is 2.28. The monoisotopic (exact) mass is 233 g/mol. The van der Waals surface area contributed by atoms with Gasteiger partial charge in [-0.1, -0.05) is 0 Å². The van der Waals surface area contributed by atoms with E-state index in [0.717, 1.165) is 18.5 Å².